The third-order valence-electron chi connectivity index (χ3n) is 3.21. The lowest BCUT2D eigenvalue weighted by Gasteiger charge is -2.24. The molecule has 0 aromatic heterocycles. The highest BCUT2D eigenvalue weighted by Gasteiger charge is 2.27. The van der Waals surface area contributed by atoms with Gasteiger partial charge in [0.05, 0.1) is 23.7 Å². The van der Waals surface area contributed by atoms with Crippen LogP contribution in [0.1, 0.15) is 5.56 Å². The summed E-state index contributed by atoms with van der Waals surface area (Å²) in [7, 11) is -4.32. The Balaban J connectivity index is 2.56. The summed E-state index contributed by atoms with van der Waals surface area (Å²) in [5, 5.41) is 9.08. The molecule has 0 radical (unpaired) electrons. The molecule has 124 valence electrons. The van der Waals surface area contributed by atoms with Crippen LogP contribution in [0.15, 0.2) is 41.3 Å². The molecule has 0 saturated carbocycles. The molecule has 2 aromatic carbocycles. The Morgan fingerprint density at radius 1 is 1.04 bits per heavy atom. The smallest absolute Gasteiger partial charge is 0.264 e. The normalized spacial score (nSPS) is 11.5. The number of aliphatic hydroxyl groups excluding tert-OH is 1. The monoisotopic (exact) mass is 345 g/mol. The molecular formula is C15H14F3NO3S. The molecule has 0 bridgehead atoms. The van der Waals surface area contributed by atoms with Crippen molar-refractivity contribution in [1.82, 2.24) is 0 Å². The molecule has 0 aliphatic rings. The van der Waals surface area contributed by atoms with Gasteiger partial charge in [-0.3, -0.25) is 4.31 Å². The standard InChI is InChI=1S/C15H14F3NO3S/c1-10-2-4-12(9-13(10)17)23(21,22)19(6-7-20)15-5-3-11(16)8-14(15)18/h2-5,8-9,20H,6-7H2,1H3. The lowest BCUT2D eigenvalue weighted by atomic mass is 10.2. The van der Waals surface area contributed by atoms with Crippen LogP contribution >= 0.6 is 0 Å². The first-order valence-corrected chi connectivity index (χ1v) is 8.06. The van der Waals surface area contributed by atoms with Gasteiger partial charge in [0.25, 0.3) is 10.0 Å². The van der Waals surface area contributed by atoms with E-state index < -0.39 is 51.2 Å². The number of nitrogens with zero attached hydrogens (tertiary/aromatic N) is 1. The Morgan fingerprint density at radius 2 is 1.74 bits per heavy atom. The number of aryl methyl sites for hydroxylation is 1. The summed E-state index contributed by atoms with van der Waals surface area (Å²) in [6.07, 6.45) is 0. The van der Waals surface area contributed by atoms with Crippen molar-refractivity contribution in [1.29, 1.82) is 0 Å². The summed E-state index contributed by atoms with van der Waals surface area (Å²) in [6.45, 7) is 0.418. The molecule has 0 spiro atoms. The zero-order valence-electron chi connectivity index (χ0n) is 12.1. The van der Waals surface area contributed by atoms with Gasteiger partial charge in [-0.05, 0) is 36.8 Å². The first kappa shape index (κ1) is 17.3. The van der Waals surface area contributed by atoms with Gasteiger partial charge >= 0.3 is 0 Å². The zero-order chi connectivity index (χ0) is 17.2. The maximum absolute atomic E-state index is 13.9. The maximum Gasteiger partial charge on any atom is 0.264 e. The fraction of sp³-hybridized carbons (Fsp3) is 0.200. The van der Waals surface area contributed by atoms with Gasteiger partial charge in [0.15, 0.2) is 0 Å². The third-order valence-corrected chi connectivity index (χ3v) is 5.02. The van der Waals surface area contributed by atoms with E-state index in [1.165, 1.54) is 19.1 Å². The predicted molar refractivity (Wildman–Crippen MR) is 79.1 cm³/mol. The van der Waals surface area contributed by atoms with Crippen molar-refractivity contribution in [3.8, 4) is 0 Å². The molecule has 0 saturated heterocycles. The fourth-order valence-corrected chi connectivity index (χ4v) is 3.48. The Hall–Kier alpha value is -2.06. The summed E-state index contributed by atoms with van der Waals surface area (Å²) in [4.78, 5) is -0.391. The summed E-state index contributed by atoms with van der Waals surface area (Å²) in [5.41, 5.74) is -0.174. The van der Waals surface area contributed by atoms with Gasteiger partial charge in [-0.15, -0.1) is 0 Å². The molecule has 8 heteroatoms. The molecule has 0 amide bonds. The van der Waals surface area contributed by atoms with Crippen LogP contribution in [-0.4, -0.2) is 26.7 Å². The van der Waals surface area contributed by atoms with Crippen molar-refractivity contribution in [2.24, 2.45) is 0 Å². The van der Waals surface area contributed by atoms with Crippen LogP contribution in [0, 0.1) is 24.4 Å². The number of hydrogen-bond donors (Lipinski definition) is 1. The highest BCUT2D eigenvalue weighted by Crippen LogP contribution is 2.27. The molecule has 0 heterocycles. The van der Waals surface area contributed by atoms with E-state index >= 15 is 0 Å². The number of rotatable bonds is 5. The fourth-order valence-electron chi connectivity index (χ4n) is 2.01. The van der Waals surface area contributed by atoms with Crippen LogP contribution in [0.4, 0.5) is 18.9 Å². The molecule has 1 N–H and O–H groups in total. The molecule has 0 unspecified atom stereocenters. The topological polar surface area (TPSA) is 57.6 Å². The molecule has 0 aliphatic carbocycles. The Labute approximate surface area is 131 Å². The largest absolute Gasteiger partial charge is 0.394 e. The summed E-state index contributed by atoms with van der Waals surface area (Å²) < 4.78 is 66.4. The van der Waals surface area contributed by atoms with E-state index in [-0.39, 0.29) is 5.56 Å². The maximum atomic E-state index is 13.9. The van der Waals surface area contributed by atoms with Gasteiger partial charge in [0, 0.05) is 6.07 Å². The van der Waals surface area contributed by atoms with Crippen LogP contribution in [-0.2, 0) is 10.0 Å². The number of sulfonamides is 1. The van der Waals surface area contributed by atoms with Gasteiger partial charge < -0.3 is 5.11 Å². The van der Waals surface area contributed by atoms with Gasteiger partial charge in [-0.1, -0.05) is 6.07 Å². The van der Waals surface area contributed by atoms with Crippen LogP contribution in [0.25, 0.3) is 0 Å². The molecule has 0 fully saturated rings. The average molecular weight is 345 g/mol. The van der Waals surface area contributed by atoms with Crippen LogP contribution in [0.2, 0.25) is 0 Å². The Morgan fingerprint density at radius 3 is 2.30 bits per heavy atom. The predicted octanol–water partition coefficient (Wildman–Crippen LogP) is 2.60. The second-order valence-electron chi connectivity index (χ2n) is 4.81. The quantitative estimate of drug-likeness (QED) is 0.906. The van der Waals surface area contributed by atoms with Crippen LogP contribution < -0.4 is 4.31 Å². The van der Waals surface area contributed by atoms with Gasteiger partial charge in [-0.25, -0.2) is 21.6 Å². The van der Waals surface area contributed by atoms with Gasteiger partial charge in [0.2, 0.25) is 0 Å². The second kappa shape index (κ2) is 6.59. The highest BCUT2D eigenvalue weighted by molar-refractivity contribution is 7.92. The first-order chi connectivity index (χ1) is 10.8. The van der Waals surface area contributed by atoms with E-state index in [1.54, 1.807) is 0 Å². The second-order valence-corrected chi connectivity index (χ2v) is 6.67. The molecular weight excluding hydrogens is 331 g/mol. The number of hydrogen-bond acceptors (Lipinski definition) is 3. The Bertz CT molecular complexity index is 825. The van der Waals surface area contributed by atoms with E-state index in [0.717, 1.165) is 18.2 Å². The van der Waals surface area contributed by atoms with Gasteiger partial charge in [-0.2, -0.15) is 0 Å². The minimum absolute atomic E-state index is 0.255. The minimum Gasteiger partial charge on any atom is -0.394 e. The van der Waals surface area contributed by atoms with E-state index in [1.807, 2.05) is 0 Å². The van der Waals surface area contributed by atoms with Crippen molar-refractivity contribution in [3.63, 3.8) is 0 Å². The zero-order valence-corrected chi connectivity index (χ0v) is 12.9. The molecule has 0 aliphatic heterocycles. The van der Waals surface area contributed by atoms with Gasteiger partial charge in [0.1, 0.15) is 17.5 Å². The summed E-state index contributed by atoms with van der Waals surface area (Å²) >= 11 is 0. The lowest BCUT2D eigenvalue weighted by molar-refractivity contribution is 0.306. The number of benzene rings is 2. The SMILES string of the molecule is Cc1ccc(S(=O)(=O)N(CCO)c2ccc(F)cc2F)cc1F. The molecule has 0 atom stereocenters. The molecule has 23 heavy (non-hydrogen) atoms. The van der Waals surface area contributed by atoms with Crippen molar-refractivity contribution < 1.29 is 26.7 Å². The van der Waals surface area contributed by atoms with Crippen LogP contribution in [0.5, 0.6) is 0 Å². The lowest BCUT2D eigenvalue weighted by Crippen LogP contribution is -2.34. The average Bonchev–Trinajstić information content (AvgIpc) is 2.48. The van der Waals surface area contributed by atoms with E-state index in [9.17, 15) is 21.6 Å². The number of anilines is 1. The number of halogens is 3. The van der Waals surface area contributed by atoms with E-state index in [0.29, 0.717) is 10.4 Å². The minimum atomic E-state index is -4.32. The molecule has 2 aromatic rings. The Kier molecular flexibility index (Phi) is 4.96. The van der Waals surface area contributed by atoms with Crippen molar-refractivity contribution in [3.05, 3.63) is 59.4 Å². The number of aliphatic hydroxyl groups is 1. The molecule has 4 nitrogen and oxygen atoms in total. The van der Waals surface area contributed by atoms with E-state index in [2.05, 4.69) is 0 Å². The van der Waals surface area contributed by atoms with E-state index in [4.69, 9.17) is 5.11 Å². The third kappa shape index (κ3) is 3.48. The van der Waals surface area contributed by atoms with Crippen LogP contribution in [0.3, 0.4) is 0 Å². The first-order valence-electron chi connectivity index (χ1n) is 6.62. The highest BCUT2D eigenvalue weighted by atomic mass is 32.2. The van der Waals surface area contributed by atoms with Crippen molar-refractivity contribution in [2.45, 2.75) is 11.8 Å². The van der Waals surface area contributed by atoms with Crippen molar-refractivity contribution >= 4 is 15.7 Å². The summed E-state index contributed by atoms with van der Waals surface area (Å²) in [5.74, 6) is -2.70. The molecule has 2 rings (SSSR count). The van der Waals surface area contributed by atoms with Crippen molar-refractivity contribution in [2.75, 3.05) is 17.5 Å². The summed E-state index contributed by atoms with van der Waals surface area (Å²) in [6, 6.07) is 5.65.